The molecule has 1 fully saturated rings. The number of hydrogen-bond acceptors (Lipinski definition) is 2. The standard InChI is InChI=1S/C10H20N2O/c1-7-6-9(2,3)4-5-10(7,12)8(11)13/h7H,4-6,12H2,1-3H3,(H2,11,13). The molecule has 1 amide bonds. The summed E-state index contributed by atoms with van der Waals surface area (Å²) in [7, 11) is 0. The Morgan fingerprint density at radius 3 is 2.31 bits per heavy atom. The Kier molecular flexibility index (Phi) is 2.41. The van der Waals surface area contributed by atoms with E-state index in [0.29, 0.717) is 5.41 Å². The Bertz CT molecular complexity index is 225. The van der Waals surface area contributed by atoms with E-state index >= 15 is 0 Å². The van der Waals surface area contributed by atoms with Gasteiger partial charge in [-0.2, -0.15) is 0 Å². The lowest BCUT2D eigenvalue weighted by Crippen LogP contribution is -2.59. The summed E-state index contributed by atoms with van der Waals surface area (Å²) >= 11 is 0. The maximum atomic E-state index is 11.2. The SMILES string of the molecule is CC1CC(C)(C)CCC1(N)C(N)=O. The average Bonchev–Trinajstić information content (AvgIpc) is 1.96. The molecule has 0 bridgehead atoms. The van der Waals surface area contributed by atoms with Crippen molar-refractivity contribution in [2.45, 2.75) is 45.6 Å². The molecule has 2 atom stereocenters. The van der Waals surface area contributed by atoms with Gasteiger partial charge in [-0.15, -0.1) is 0 Å². The van der Waals surface area contributed by atoms with Crippen molar-refractivity contribution in [1.29, 1.82) is 0 Å². The molecule has 76 valence electrons. The first kappa shape index (κ1) is 10.5. The van der Waals surface area contributed by atoms with Gasteiger partial charge in [-0.3, -0.25) is 4.79 Å². The number of nitrogens with two attached hydrogens (primary N) is 2. The van der Waals surface area contributed by atoms with Crippen LogP contribution in [-0.4, -0.2) is 11.4 Å². The molecule has 0 aliphatic heterocycles. The van der Waals surface area contributed by atoms with Gasteiger partial charge in [-0.25, -0.2) is 0 Å². The second-order valence-corrected chi connectivity index (χ2v) is 5.17. The Morgan fingerprint density at radius 1 is 1.38 bits per heavy atom. The molecule has 1 saturated carbocycles. The predicted octanol–water partition coefficient (Wildman–Crippen LogP) is 1.02. The number of primary amides is 1. The summed E-state index contributed by atoms with van der Waals surface area (Å²) < 4.78 is 0. The van der Waals surface area contributed by atoms with Gasteiger partial charge in [-0.05, 0) is 30.6 Å². The van der Waals surface area contributed by atoms with Crippen LogP contribution in [-0.2, 0) is 4.79 Å². The zero-order valence-corrected chi connectivity index (χ0v) is 8.76. The van der Waals surface area contributed by atoms with Gasteiger partial charge in [0.1, 0.15) is 0 Å². The van der Waals surface area contributed by atoms with E-state index in [-0.39, 0.29) is 11.8 Å². The highest BCUT2D eigenvalue weighted by atomic mass is 16.1. The van der Waals surface area contributed by atoms with Crippen LogP contribution in [0.4, 0.5) is 0 Å². The summed E-state index contributed by atoms with van der Waals surface area (Å²) in [6.07, 6.45) is 2.68. The first-order valence-corrected chi connectivity index (χ1v) is 4.87. The zero-order chi connectivity index (χ0) is 10.3. The lowest BCUT2D eigenvalue weighted by atomic mass is 9.64. The fourth-order valence-corrected chi connectivity index (χ4v) is 2.27. The van der Waals surface area contributed by atoms with E-state index in [1.165, 1.54) is 0 Å². The third-order valence-electron chi connectivity index (χ3n) is 3.41. The Balaban J connectivity index is 2.79. The topological polar surface area (TPSA) is 69.1 Å². The Labute approximate surface area is 79.9 Å². The van der Waals surface area contributed by atoms with Crippen LogP contribution in [0.1, 0.15) is 40.0 Å². The molecule has 3 heteroatoms. The smallest absolute Gasteiger partial charge is 0.237 e. The number of carbonyl (C=O) groups is 1. The minimum Gasteiger partial charge on any atom is -0.368 e. The van der Waals surface area contributed by atoms with Crippen LogP contribution < -0.4 is 11.5 Å². The third kappa shape index (κ3) is 1.85. The molecule has 1 rings (SSSR count). The molecule has 13 heavy (non-hydrogen) atoms. The van der Waals surface area contributed by atoms with Crippen LogP contribution in [0.25, 0.3) is 0 Å². The van der Waals surface area contributed by atoms with Crippen molar-refractivity contribution in [2.24, 2.45) is 22.8 Å². The molecular weight excluding hydrogens is 164 g/mol. The van der Waals surface area contributed by atoms with Crippen LogP contribution >= 0.6 is 0 Å². The molecule has 0 radical (unpaired) electrons. The average molecular weight is 184 g/mol. The summed E-state index contributed by atoms with van der Waals surface area (Å²) in [5.41, 5.74) is 10.8. The fraction of sp³-hybridized carbons (Fsp3) is 0.900. The number of carbonyl (C=O) groups excluding carboxylic acids is 1. The minimum atomic E-state index is -0.768. The van der Waals surface area contributed by atoms with E-state index in [1.54, 1.807) is 0 Å². The van der Waals surface area contributed by atoms with Crippen LogP contribution in [0.3, 0.4) is 0 Å². The Morgan fingerprint density at radius 2 is 1.92 bits per heavy atom. The monoisotopic (exact) mass is 184 g/mol. The van der Waals surface area contributed by atoms with Gasteiger partial charge in [-0.1, -0.05) is 20.8 Å². The number of hydrogen-bond donors (Lipinski definition) is 2. The lowest BCUT2D eigenvalue weighted by Gasteiger charge is -2.44. The van der Waals surface area contributed by atoms with Crippen LogP contribution in [0, 0.1) is 11.3 Å². The van der Waals surface area contributed by atoms with Gasteiger partial charge >= 0.3 is 0 Å². The van der Waals surface area contributed by atoms with Gasteiger partial charge < -0.3 is 11.5 Å². The molecule has 1 aliphatic rings. The first-order valence-electron chi connectivity index (χ1n) is 4.87. The number of rotatable bonds is 1. The molecule has 0 heterocycles. The van der Waals surface area contributed by atoms with Gasteiger partial charge in [0, 0.05) is 0 Å². The molecule has 0 saturated heterocycles. The van der Waals surface area contributed by atoms with Crippen molar-refractivity contribution in [1.82, 2.24) is 0 Å². The van der Waals surface area contributed by atoms with E-state index in [2.05, 4.69) is 13.8 Å². The highest BCUT2D eigenvalue weighted by Gasteiger charge is 2.44. The first-order chi connectivity index (χ1) is 5.78. The predicted molar refractivity (Wildman–Crippen MR) is 52.9 cm³/mol. The van der Waals surface area contributed by atoms with Gasteiger partial charge in [0.2, 0.25) is 5.91 Å². The molecule has 0 aromatic heterocycles. The second kappa shape index (κ2) is 2.98. The molecule has 4 N–H and O–H groups in total. The van der Waals surface area contributed by atoms with E-state index in [9.17, 15) is 4.79 Å². The van der Waals surface area contributed by atoms with Crippen molar-refractivity contribution in [2.75, 3.05) is 0 Å². The molecule has 2 unspecified atom stereocenters. The molecule has 3 nitrogen and oxygen atoms in total. The highest BCUT2D eigenvalue weighted by molar-refractivity contribution is 5.84. The fourth-order valence-electron chi connectivity index (χ4n) is 2.27. The van der Waals surface area contributed by atoms with Gasteiger partial charge in [0.05, 0.1) is 5.54 Å². The third-order valence-corrected chi connectivity index (χ3v) is 3.41. The van der Waals surface area contributed by atoms with Gasteiger partial charge in [0.25, 0.3) is 0 Å². The maximum Gasteiger partial charge on any atom is 0.237 e. The molecule has 0 spiro atoms. The van der Waals surface area contributed by atoms with Crippen molar-refractivity contribution in [3.8, 4) is 0 Å². The molecule has 1 aliphatic carbocycles. The molecule has 0 aromatic rings. The summed E-state index contributed by atoms with van der Waals surface area (Å²) in [6, 6.07) is 0. The van der Waals surface area contributed by atoms with E-state index in [4.69, 9.17) is 11.5 Å². The van der Waals surface area contributed by atoms with Crippen LogP contribution in [0.5, 0.6) is 0 Å². The van der Waals surface area contributed by atoms with Crippen LogP contribution in [0.15, 0.2) is 0 Å². The lowest BCUT2D eigenvalue weighted by molar-refractivity contribution is -0.127. The van der Waals surface area contributed by atoms with Crippen molar-refractivity contribution >= 4 is 5.91 Å². The largest absolute Gasteiger partial charge is 0.368 e. The molecule has 0 aromatic carbocycles. The summed E-state index contributed by atoms with van der Waals surface area (Å²) in [5, 5.41) is 0. The normalized spacial score (nSPS) is 38.6. The van der Waals surface area contributed by atoms with Crippen molar-refractivity contribution < 1.29 is 4.79 Å². The highest BCUT2D eigenvalue weighted by Crippen LogP contribution is 2.42. The second-order valence-electron chi connectivity index (χ2n) is 5.17. The van der Waals surface area contributed by atoms with Crippen molar-refractivity contribution in [3.05, 3.63) is 0 Å². The van der Waals surface area contributed by atoms with E-state index in [0.717, 1.165) is 19.3 Å². The Hall–Kier alpha value is -0.570. The minimum absolute atomic E-state index is 0.189. The quantitative estimate of drug-likeness (QED) is 0.638. The van der Waals surface area contributed by atoms with Crippen molar-refractivity contribution in [3.63, 3.8) is 0 Å². The molecular formula is C10H20N2O. The zero-order valence-electron chi connectivity index (χ0n) is 8.76. The summed E-state index contributed by atoms with van der Waals surface area (Å²) in [6.45, 7) is 6.44. The summed E-state index contributed by atoms with van der Waals surface area (Å²) in [5.74, 6) is -0.163. The van der Waals surface area contributed by atoms with E-state index < -0.39 is 5.54 Å². The maximum absolute atomic E-state index is 11.2. The van der Waals surface area contributed by atoms with Crippen LogP contribution in [0.2, 0.25) is 0 Å². The van der Waals surface area contributed by atoms with E-state index in [1.807, 2.05) is 6.92 Å². The van der Waals surface area contributed by atoms with Gasteiger partial charge in [0.15, 0.2) is 0 Å². The summed E-state index contributed by atoms with van der Waals surface area (Å²) in [4.78, 5) is 11.2. The number of amides is 1.